The summed E-state index contributed by atoms with van der Waals surface area (Å²) in [6, 6.07) is 7.69. The number of H-pyrrole nitrogens is 1. The Hall–Kier alpha value is -2.54. The summed E-state index contributed by atoms with van der Waals surface area (Å²) in [5.74, 6) is 0.702. The fourth-order valence-electron chi connectivity index (χ4n) is 3.49. The summed E-state index contributed by atoms with van der Waals surface area (Å²) >= 11 is 0. The Morgan fingerprint density at radius 2 is 2.04 bits per heavy atom. The fourth-order valence-corrected chi connectivity index (χ4v) is 4.27. The number of aromatic nitrogens is 2. The first-order valence-corrected chi connectivity index (χ1v) is 11.1. The van der Waals surface area contributed by atoms with Crippen LogP contribution < -0.4 is 10.9 Å². The zero-order valence-corrected chi connectivity index (χ0v) is 16.3. The molecule has 27 heavy (non-hydrogen) atoms. The third-order valence-electron chi connectivity index (χ3n) is 4.95. The van der Waals surface area contributed by atoms with Gasteiger partial charge in [-0.3, -0.25) is 4.79 Å². The van der Waals surface area contributed by atoms with Crippen molar-refractivity contribution in [3.8, 4) is 11.3 Å². The van der Waals surface area contributed by atoms with Gasteiger partial charge < -0.3 is 14.7 Å². The van der Waals surface area contributed by atoms with Crippen LogP contribution in [-0.2, 0) is 15.6 Å². The Labute approximate surface area is 158 Å². The second-order valence-electron chi connectivity index (χ2n) is 7.49. The van der Waals surface area contributed by atoms with E-state index in [1.807, 2.05) is 41.8 Å². The van der Waals surface area contributed by atoms with Crippen LogP contribution >= 0.6 is 0 Å². The van der Waals surface area contributed by atoms with Crippen molar-refractivity contribution in [2.24, 2.45) is 5.92 Å². The van der Waals surface area contributed by atoms with E-state index < -0.39 is 9.84 Å². The third kappa shape index (κ3) is 3.78. The number of aryl methyl sites for hydroxylation is 1. The molecule has 6 nitrogen and oxygen atoms in total. The number of aromatic amines is 1. The van der Waals surface area contributed by atoms with Gasteiger partial charge in [-0.05, 0) is 55.0 Å². The van der Waals surface area contributed by atoms with Crippen molar-refractivity contribution in [2.75, 3.05) is 18.1 Å². The van der Waals surface area contributed by atoms with Crippen molar-refractivity contribution in [2.45, 2.75) is 25.5 Å². The molecule has 2 heterocycles. The average molecular weight is 385 g/mol. The SMILES string of the molecule is Cc1cc(-c2cc(CS(C)(=O)=O)ccc2NCC2CC2)n2cc[nH]c(=O)c12. The van der Waals surface area contributed by atoms with E-state index in [0.717, 1.165) is 34.6 Å². The minimum absolute atomic E-state index is 0.00816. The third-order valence-corrected chi connectivity index (χ3v) is 5.80. The van der Waals surface area contributed by atoms with Gasteiger partial charge in [-0.15, -0.1) is 0 Å². The van der Waals surface area contributed by atoms with Crippen molar-refractivity contribution < 1.29 is 8.42 Å². The van der Waals surface area contributed by atoms with Crippen LogP contribution in [0, 0.1) is 12.8 Å². The quantitative estimate of drug-likeness (QED) is 0.683. The maximum Gasteiger partial charge on any atom is 0.272 e. The highest BCUT2D eigenvalue weighted by Crippen LogP contribution is 2.34. The molecule has 2 N–H and O–H groups in total. The highest BCUT2D eigenvalue weighted by atomic mass is 32.2. The van der Waals surface area contributed by atoms with Gasteiger partial charge in [0.1, 0.15) is 5.52 Å². The Morgan fingerprint density at radius 3 is 2.74 bits per heavy atom. The van der Waals surface area contributed by atoms with Crippen LogP contribution in [0.25, 0.3) is 16.8 Å². The molecule has 4 rings (SSSR count). The summed E-state index contributed by atoms with van der Waals surface area (Å²) in [4.78, 5) is 14.9. The minimum atomic E-state index is -3.13. The first kappa shape index (κ1) is 17.9. The molecule has 0 unspecified atom stereocenters. The molecule has 2 aromatic heterocycles. The lowest BCUT2D eigenvalue weighted by molar-refractivity contribution is 0.601. The summed E-state index contributed by atoms with van der Waals surface area (Å²) in [6.45, 7) is 2.81. The molecule has 0 saturated heterocycles. The van der Waals surface area contributed by atoms with Crippen LogP contribution in [0.15, 0.2) is 41.5 Å². The lowest BCUT2D eigenvalue weighted by Crippen LogP contribution is -2.09. The van der Waals surface area contributed by atoms with E-state index in [1.54, 1.807) is 6.20 Å². The Kier molecular flexibility index (Phi) is 4.34. The van der Waals surface area contributed by atoms with Gasteiger partial charge in [0.25, 0.3) is 5.56 Å². The molecule has 7 heteroatoms. The number of hydrogen-bond acceptors (Lipinski definition) is 4. The summed E-state index contributed by atoms with van der Waals surface area (Å²) in [6.07, 6.45) is 7.18. The van der Waals surface area contributed by atoms with Gasteiger partial charge in [-0.2, -0.15) is 0 Å². The number of fused-ring (bicyclic) bond motifs is 1. The van der Waals surface area contributed by atoms with E-state index in [4.69, 9.17) is 0 Å². The number of rotatable bonds is 6. The zero-order valence-electron chi connectivity index (χ0n) is 15.5. The second kappa shape index (κ2) is 6.56. The average Bonchev–Trinajstić information content (AvgIpc) is 3.35. The molecule has 1 aliphatic rings. The lowest BCUT2D eigenvalue weighted by Gasteiger charge is -2.14. The predicted molar refractivity (Wildman–Crippen MR) is 108 cm³/mol. The van der Waals surface area contributed by atoms with E-state index in [1.165, 1.54) is 19.1 Å². The molecule has 142 valence electrons. The number of benzene rings is 1. The Balaban J connectivity index is 1.87. The van der Waals surface area contributed by atoms with Crippen LogP contribution in [0.3, 0.4) is 0 Å². The molecule has 0 spiro atoms. The van der Waals surface area contributed by atoms with E-state index in [-0.39, 0.29) is 11.3 Å². The highest BCUT2D eigenvalue weighted by Gasteiger charge is 2.22. The van der Waals surface area contributed by atoms with Crippen LogP contribution in [0.5, 0.6) is 0 Å². The molecule has 1 saturated carbocycles. The van der Waals surface area contributed by atoms with Crippen molar-refractivity contribution in [1.29, 1.82) is 0 Å². The van der Waals surface area contributed by atoms with Gasteiger partial charge >= 0.3 is 0 Å². The molecule has 0 atom stereocenters. The van der Waals surface area contributed by atoms with Crippen molar-refractivity contribution >= 4 is 21.0 Å². The topological polar surface area (TPSA) is 83.4 Å². The summed E-state index contributed by atoms with van der Waals surface area (Å²) in [5, 5.41) is 3.50. The molecule has 0 aliphatic heterocycles. The molecular weight excluding hydrogens is 362 g/mol. The highest BCUT2D eigenvalue weighted by molar-refractivity contribution is 7.89. The van der Waals surface area contributed by atoms with E-state index in [0.29, 0.717) is 11.4 Å². The number of hydrogen-bond donors (Lipinski definition) is 2. The molecule has 0 amide bonds. The largest absolute Gasteiger partial charge is 0.384 e. The van der Waals surface area contributed by atoms with Gasteiger partial charge in [0.2, 0.25) is 0 Å². The molecule has 0 bridgehead atoms. The summed E-state index contributed by atoms with van der Waals surface area (Å²) in [7, 11) is -3.13. The van der Waals surface area contributed by atoms with Gasteiger partial charge in [0.05, 0.1) is 11.4 Å². The Bertz CT molecular complexity index is 1170. The van der Waals surface area contributed by atoms with Gasteiger partial charge in [-0.1, -0.05) is 6.07 Å². The Morgan fingerprint density at radius 1 is 1.26 bits per heavy atom. The maximum absolute atomic E-state index is 12.2. The summed E-state index contributed by atoms with van der Waals surface area (Å²) < 4.78 is 25.4. The second-order valence-corrected chi connectivity index (χ2v) is 9.63. The fraction of sp³-hybridized carbons (Fsp3) is 0.350. The summed E-state index contributed by atoms with van der Waals surface area (Å²) in [5.41, 5.74) is 4.83. The molecular formula is C20H23N3O3S. The number of sulfone groups is 1. The van der Waals surface area contributed by atoms with Gasteiger partial charge in [-0.25, -0.2) is 8.42 Å². The van der Waals surface area contributed by atoms with Crippen LogP contribution in [0.4, 0.5) is 5.69 Å². The molecule has 1 aromatic carbocycles. The predicted octanol–water partition coefficient (Wildman–Crippen LogP) is 2.97. The van der Waals surface area contributed by atoms with E-state index >= 15 is 0 Å². The first-order valence-electron chi connectivity index (χ1n) is 9.06. The van der Waals surface area contributed by atoms with Crippen LogP contribution in [0.1, 0.15) is 24.0 Å². The van der Waals surface area contributed by atoms with Crippen LogP contribution in [-0.4, -0.2) is 30.6 Å². The number of anilines is 1. The number of nitrogens with one attached hydrogen (secondary N) is 2. The standard InChI is InChI=1S/C20H23N3O3S/c1-13-9-18(23-8-7-21-20(24)19(13)23)16-10-15(12-27(2,25)26)5-6-17(16)22-11-14-3-4-14/h5-10,14,22H,3-4,11-12H2,1-2H3,(H,21,24). The van der Waals surface area contributed by atoms with Gasteiger partial charge in [0.15, 0.2) is 9.84 Å². The monoisotopic (exact) mass is 385 g/mol. The molecule has 0 radical (unpaired) electrons. The van der Waals surface area contributed by atoms with Crippen LogP contribution in [0.2, 0.25) is 0 Å². The molecule has 1 aliphatic carbocycles. The lowest BCUT2D eigenvalue weighted by atomic mass is 10.1. The zero-order chi connectivity index (χ0) is 19.2. The number of nitrogens with zero attached hydrogens (tertiary/aromatic N) is 1. The first-order chi connectivity index (χ1) is 12.8. The smallest absolute Gasteiger partial charge is 0.272 e. The molecule has 3 aromatic rings. The van der Waals surface area contributed by atoms with Crippen molar-refractivity contribution in [3.05, 3.63) is 58.1 Å². The van der Waals surface area contributed by atoms with E-state index in [2.05, 4.69) is 10.3 Å². The molecule has 1 fully saturated rings. The minimum Gasteiger partial charge on any atom is -0.384 e. The van der Waals surface area contributed by atoms with Crippen molar-refractivity contribution in [1.82, 2.24) is 9.38 Å². The van der Waals surface area contributed by atoms with Gasteiger partial charge in [0, 0.05) is 36.4 Å². The van der Waals surface area contributed by atoms with Crippen molar-refractivity contribution in [3.63, 3.8) is 0 Å². The maximum atomic E-state index is 12.2. The van der Waals surface area contributed by atoms with E-state index in [9.17, 15) is 13.2 Å². The normalized spacial score (nSPS) is 14.6.